The lowest BCUT2D eigenvalue weighted by molar-refractivity contribution is -0.129. The second-order valence-electron chi connectivity index (χ2n) is 4.69. The molecule has 0 bridgehead atoms. The van der Waals surface area contributed by atoms with Gasteiger partial charge in [-0.15, -0.1) is 0 Å². The van der Waals surface area contributed by atoms with Crippen LogP contribution in [0.4, 0.5) is 8.78 Å². The summed E-state index contributed by atoms with van der Waals surface area (Å²) in [6, 6.07) is 5.66. The number of esters is 1. The van der Waals surface area contributed by atoms with Gasteiger partial charge in [-0.25, -0.2) is 9.79 Å². The highest BCUT2D eigenvalue weighted by Gasteiger charge is 2.24. The minimum Gasteiger partial charge on any atom is -0.435 e. The summed E-state index contributed by atoms with van der Waals surface area (Å²) < 4.78 is 35.1. The van der Waals surface area contributed by atoms with E-state index in [0.29, 0.717) is 11.1 Å². The standard InChI is InChI=1S/C15H11F2N3O3/c1-20-8-9(7-18-20)6-12-14(21)23-13(19-12)10-2-4-11(5-3-10)22-15(16)17/h2-8,15H,1H3/b12-6-. The predicted molar refractivity (Wildman–Crippen MR) is 76.9 cm³/mol. The number of cyclic esters (lactones) is 1. The molecular formula is C15H11F2N3O3. The fraction of sp³-hybridized carbons (Fsp3) is 0.133. The van der Waals surface area contributed by atoms with E-state index in [9.17, 15) is 13.6 Å². The van der Waals surface area contributed by atoms with Crippen LogP contribution in [0.3, 0.4) is 0 Å². The van der Waals surface area contributed by atoms with Crippen molar-refractivity contribution in [3.05, 3.63) is 53.5 Å². The first kappa shape index (κ1) is 14.9. The molecule has 0 saturated carbocycles. The van der Waals surface area contributed by atoms with Crippen molar-refractivity contribution in [2.45, 2.75) is 6.61 Å². The van der Waals surface area contributed by atoms with Gasteiger partial charge >= 0.3 is 12.6 Å². The third-order valence-corrected chi connectivity index (χ3v) is 2.98. The number of carbonyl (C=O) groups is 1. The first-order valence-electron chi connectivity index (χ1n) is 6.58. The lowest BCUT2D eigenvalue weighted by Gasteiger charge is -2.04. The molecule has 0 aliphatic carbocycles. The van der Waals surface area contributed by atoms with Gasteiger partial charge in [0.15, 0.2) is 5.70 Å². The molecule has 3 rings (SSSR count). The van der Waals surface area contributed by atoms with E-state index in [1.54, 1.807) is 30.2 Å². The first-order chi connectivity index (χ1) is 11.0. The molecule has 0 saturated heterocycles. The molecule has 0 spiro atoms. The van der Waals surface area contributed by atoms with Crippen LogP contribution >= 0.6 is 0 Å². The molecule has 1 aromatic carbocycles. The number of hydrogen-bond acceptors (Lipinski definition) is 5. The van der Waals surface area contributed by atoms with Crippen molar-refractivity contribution in [1.29, 1.82) is 0 Å². The Kier molecular flexibility index (Phi) is 3.88. The molecule has 0 N–H and O–H groups in total. The zero-order valence-corrected chi connectivity index (χ0v) is 11.9. The van der Waals surface area contributed by atoms with E-state index in [2.05, 4.69) is 14.8 Å². The molecule has 0 fully saturated rings. The summed E-state index contributed by atoms with van der Waals surface area (Å²) in [5.74, 6) is -0.467. The van der Waals surface area contributed by atoms with E-state index in [4.69, 9.17) is 4.74 Å². The van der Waals surface area contributed by atoms with Crippen molar-refractivity contribution >= 4 is 17.9 Å². The van der Waals surface area contributed by atoms with E-state index in [1.165, 1.54) is 24.3 Å². The summed E-state index contributed by atoms with van der Waals surface area (Å²) in [5, 5.41) is 3.99. The highest BCUT2D eigenvalue weighted by Crippen LogP contribution is 2.21. The summed E-state index contributed by atoms with van der Waals surface area (Å²) in [5.41, 5.74) is 1.33. The lowest BCUT2D eigenvalue weighted by Crippen LogP contribution is -2.06. The van der Waals surface area contributed by atoms with Gasteiger partial charge in [0.1, 0.15) is 5.75 Å². The van der Waals surface area contributed by atoms with Crippen molar-refractivity contribution in [1.82, 2.24) is 9.78 Å². The van der Waals surface area contributed by atoms with Crippen LogP contribution in [0.5, 0.6) is 5.75 Å². The molecular weight excluding hydrogens is 308 g/mol. The number of ether oxygens (including phenoxy) is 2. The predicted octanol–water partition coefficient (Wildman–Crippen LogP) is 2.37. The summed E-state index contributed by atoms with van der Waals surface area (Å²) in [6.07, 6.45) is 4.87. The van der Waals surface area contributed by atoms with Gasteiger partial charge in [-0.05, 0) is 30.3 Å². The van der Waals surface area contributed by atoms with Crippen LogP contribution in [0.25, 0.3) is 6.08 Å². The Bertz CT molecular complexity index is 795. The molecule has 2 heterocycles. The van der Waals surface area contributed by atoms with Crippen molar-refractivity contribution in [2.24, 2.45) is 12.0 Å². The van der Waals surface area contributed by atoms with Crippen LogP contribution in [0.1, 0.15) is 11.1 Å². The van der Waals surface area contributed by atoms with Gasteiger partial charge in [0.2, 0.25) is 5.90 Å². The van der Waals surface area contributed by atoms with Crippen LogP contribution in [0.2, 0.25) is 0 Å². The molecule has 2 aromatic rings. The largest absolute Gasteiger partial charge is 0.435 e. The third kappa shape index (κ3) is 3.42. The monoisotopic (exact) mass is 319 g/mol. The first-order valence-corrected chi connectivity index (χ1v) is 6.58. The number of benzene rings is 1. The number of carbonyl (C=O) groups excluding carboxylic acids is 1. The maximum Gasteiger partial charge on any atom is 0.387 e. The zero-order chi connectivity index (χ0) is 16.4. The third-order valence-electron chi connectivity index (χ3n) is 2.98. The molecule has 118 valence electrons. The minimum absolute atomic E-state index is 0.0137. The Labute approximate surface area is 129 Å². The summed E-state index contributed by atoms with van der Waals surface area (Å²) >= 11 is 0. The van der Waals surface area contributed by atoms with Crippen LogP contribution < -0.4 is 4.74 Å². The molecule has 1 aliphatic rings. The molecule has 23 heavy (non-hydrogen) atoms. The van der Waals surface area contributed by atoms with E-state index in [-0.39, 0.29) is 17.3 Å². The topological polar surface area (TPSA) is 65.7 Å². The number of nitrogens with zero attached hydrogens (tertiary/aromatic N) is 3. The molecule has 0 radical (unpaired) electrons. The molecule has 1 aliphatic heterocycles. The van der Waals surface area contributed by atoms with Gasteiger partial charge in [0, 0.05) is 24.4 Å². The fourth-order valence-electron chi connectivity index (χ4n) is 1.98. The van der Waals surface area contributed by atoms with Crippen molar-refractivity contribution < 1.29 is 23.0 Å². The SMILES string of the molecule is Cn1cc(/C=C2\N=C(c3ccc(OC(F)F)cc3)OC2=O)cn1. The van der Waals surface area contributed by atoms with Crippen LogP contribution in [-0.4, -0.2) is 28.3 Å². The zero-order valence-electron chi connectivity index (χ0n) is 11.9. The minimum atomic E-state index is -2.89. The van der Waals surface area contributed by atoms with Gasteiger partial charge in [0.05, 0.1) is 6.20 Å². The van der Waals surface area contributed by atoms with Gasteiger partial charge in [-0.1, -0.05) is 0 Å². The molecule has 0 unspecified atom stereocenters. The van der Waals surface area contributed by atoms with Crippen molar-refractivity contribution in [3.8, 4) is 5.75 Å². The summed E-state index contributed by atoms with van der Waals surface area (Å²) in [7, 11) is 1.76. The Hall–Kier alpha value is -3.03. The highest BCUT2D eigenvalue weighted by molar-refractivity contribution is 6.12. The second kappa shape index (κ2) is 5.99. The average molecular weight is 319 g/mol. The highest BCUT2D eigenvalue weighted by atomic mass is 19.3. The van der Waals surface area contributed by atoms with Crippen LogP contribution in [0, 0.1) is 0 Å². The van der Waals surface area contributed by atoms with E-state index >= 15 is 0 Å². The summed E-state index contributed by atoms with van der Waals surface area (Å²) in [4.78, 5) is 15.9. The van der Waals surface area contributed by atoms with Crippen molar-refractivity contribution in [3.63, 3.8) is 0 Å². The Morgan fingerprint density at radius 1 is 1.30 bits per heavy atom. The fourth-order valence-corrected chi connectivity index (χ4v) is 1.98. The maximum absolute atomic E-state index is 12.1. The molecule has 1 aromatic heterocycles. The number of alkyl halides is 2. The number of aromatic nitrogens is 2. The second-order valence-corrected chi connectivity index (χ2v) is 4.69. The number of hydrogen-bond donors (Lipinski definition) is 0. The Morgan fingerprint density at radius 3 is 2.65 bits per heavy atom. The molecule has 0 amide bonds. The van der Waals surface area contributed by atoms with E-state index in [1.807, 2.05) is 0 Å². The Morgan fingerprint density at radius 2 is 2.04 bits per heavy atom. The smallest absolute Gasteiger partial charge is 0.387 e. The molecule has 6 nitrogen and oxygen atoms in total. The van der Waals surface area contributed by atoms with Crippen molar-refractivity contribution in [2.75, 3.05) is 0 Å². The summed E-state index contributed by atoms with van der Waals surface area (Å²) in [6.45, 7) is -2.89. The number of rotatable bonds is 4. The quantitative estimate of drug-likeness (QED) is 0.641. The maximum atomic E-state index is 12.1. The van der Waals surface area contributed by atoms with Gasteiger partial charge in [-0.3, -0.25) is 4.68 Å². The van der Waals surface area contributed by atoms with Crippen LogP contribution in [0.15, 0.2) is 47.3 Å². The molecule has 0 atom stereocenters. The lowest BCUT2D eigenvalue weighted by atomic mass is 10.2. The van der Waals surface area contributed by atoms with Crippen LogP contribution in [-0.2, 0) is 16.6 Å². The molecule has 8 heteroatoms. The number of aliphatic imine (C=N–C) groups is 1. The number of aryl methyl sites for hydroxylation is 1. The number of halogens is 2. The Balaban J connectivity index is 1.82. The average Bonchev–Trinajstić information content (AvgIpc) is 3.06. The van der Waals surface area contributed by atoms with Gasteiger partial charge < -0.3 is 9.47 Å². The van der Waals surface area contributed by atoms with Gasteiger partial charge in [-0.2, -0.15) is 13.9 Å². The van der Waals surface area contributed by atoms with E-state index in [0.717, 1.165) is 0 Å². The van der Waals surface area contributed by atoms with E-state index < -0.39 is 12.6 Å². The normalized spacial score (nSPS) is 15.9. The van der Waals surface area contributed by atoms with Gasteiger partial charge in [0.25, 0.3) is 0 Å².